The number of nitrogens with zero attached hydrogens (tertiary/aromatic N) is 2. The molecule has 1 aromatic carbocycles. The molecule has 0 spiro atoms. The monoisotopic (exact) mass is 291 g/mol. The molecule has 0 aliphatic carbocycles. The standard InChI is InChI=1S/C16H25N3S/c1-13-8-10-19(11-9-13)16(17)18-12-14(2)20-15-6-4-3-5-7-15/h3-7,13-14H,8-12H2,1-2H3,(H2,17,18). The molecule has 4 heteroatoms. The molecule has 20 heavy (non-hydrogen) atoms. The van der Waals surface area contributed by atoms with Gasteiger partial charge in [0.1, 0.15) is 0 Å². The summed E-state index contributed by atoms with van der Waals surface area (Å²) in [6, 6.07) is 10.5. The number of hydrogen-bond donors (Lipinski definition) is 1. The van der Waals surface area contributed by atoms with Crippen LogP contribution in [0.4, 0.5) is 0 Å². The van der Waals surface area contributed by atoms with Crippen molar-refractivity contribution in [2.75, 3.05) is 19.6 Å². The fraction of sp³-hybridized carbons (Fsp3) is 0.562. The van der Waals surface area contributed by atoms with Gasteiger partial charge in [0, 0.05) is 23.2 Å². The fourth-order valence-corrected chi connectivity index (χ4v) is 3.26. The first-order valence-electron chi connectivity index (χ1n) is 7.41. The van der Waals surface area contributed by atoms with Crippen LogP contribution in [0, 0.1) is 5.92 Å². The maximum atomic E-state index is 6.10. The summed E-state index contributed by atoms with van der Waals surface area (Å²) in [6.07, 6.45) is 2.45. The smallest absolute Gasteiger partial charge is 0.191 e. The number of piperidine rings is 1. The topological polar surface area (TPSA) is 41.6 Å². The molecule has 1 fully saturated rings. The summed E-state index contributed by atoms with van der Waals surface area (Å²) in [5.41, 5.74) is 6.10. The number of guanidine groups is 1. The van der Waals surface area contributed by atoms with Gasteiger partial charge in [-0.3, -0.25) is 4.99 Å². The van der Waals surface area contributed by atoms with Crippen LogP contribution in [0.15, 0.2) is 40.2 Å². The van der Waals surface area contributed by atoms with Crippen molar-refractivity contribution in [2.45, 2.75) is 36.8 Å². The van der Waals surface area contributed by atoms with E-state index in [0.717, 1.165) is 31.5 Å². The number of hydrogen-bond acceptors (Lipinski definition) is 2. The molecule has 110 valence electrons. The van der Waals surface area contributed by atoms with Crippen molar-refractivity contribution < 1.29 is 0 Å². The highest BCUT2D eigenvalue weighted by Crippen LogP contribution is 2.22. The average molecular weight is 291 g/mol. The van der Waals surface area contributed by atoms with Crippen molar-refractivity contribution in [3.05, 3.63) is 30.3 Å². The Bertz CT molecular complexity index is 425. The van der Waals surface area contributed by atoms with Crippen molar-refractivity contribution in [3.63, 3.8) is 0 Å². The maximum Gasteiger partial charge on any atom is 0.191 e. The number of rotatable bonds is 4. The van der Waals surface area contributed by atoms with Crippen molar-refractivity contribution in [3.8, 4) is 0 Å². The Morgan fingerprint density at radius 3 is 2.65 bits per heavy atom. The Hall–Kier alpha value is -1.16. The molecule has 0 saturated carbocycles. The largest absolute Gasteiger partial charge is 0.370 e. The minimum atomic E-state index is 0.444. The molecule has 1 aliphatic rings. The minimum absolute atomic E-state index is 0.444. The van der Waals surface area contributed by atoms with Gasteiger partial charge in [0.25, 0.3) is 0 Å². The van der Waals surface area contributed by atoms with Crippen molar-refractivity contribution in [2.24, 2.45) is 16.6 Å². The van der Waals surface area contributed by atoms with E-state index in [1.54, 1.807) is 0 Å². The molecule has 1 heterocycles. The molecule has 3 nitrogen and oxygen atoms in total. The number of nitrogens with two attached hydrogens (primary N) is 1. The molecule has 0 aromatic heterocycles. The van der Waals surface area contributed by atoms with Gasteiger partial charge in [0.15, 0.2) is 5.96 Å². The van der Waals surface area contributed by atoms with E-state index in [2.05, 4.69) is 48.0 Å². The summed E-state index contributed by atoms with van der Waals surface area (Å²) in [5, 5.41) is 0.444. The zero-order valence-corrected chi connectivity index (χ0v) is 13.3. The normalized spacial score (nSPS) is 19.1. The molecule has 2 N–H and O–H groups in total. The van der Waals surface area contributed by atoms with Gasteiger partial charge in [-0.05, 0) is 30.9 Å². The first kappa shape index (κ1) is 15.2. The molecule has 1 saturated heterocycles. The lowest BCUT2D eigenvalue weighted by Crippen LogP contribution is -2.42. The summed E-state index contributed by atoms with van der Waals surface area (Å²) in [7, 11) is 0. The van der Waals surface area contributed by atoms with Crippen molar-refractivity contribution >= 4 is 17.7 Å². The average Bonchev–Trinajstić information content (AvgIpc) is 2.46. The van der Waals surface area contributed by atoms with Crippen LogP contribution in [0.5, 0.6) is 0 Å². The van der Waals surface area contributed by atoms with Gasteiger partial charge in [-0.1, -0.05) is 32.0 Å². The first-order chi connectivity index (χ1) is 9.65. The van der Waals surface area contributed by atoms with Crippen molar-refractivity contribution in [1.29, 1.82) is 0 Å². The summed E-state index contributed by atoms with van der Waals surface area (Å²) >= 11 is 1.85. The van der Waals surface area contributed by atoms with Crippen LogP contribution in [0.25, 0.3) is 0 Å². The Balaban J connectivity index is 1.79. The predicted molar refractivity (Wildman–Crippen MR) is 88.2 cm³/mol. The third kappa shape index (κ3) is 4.75. The summed E-state index contributed by atoms with van der Waals surface area (Å²) in [6.45, 7) is 7.39. The van der Waals surface area contributed by atoms with E-state index in [1.165, 1.54) is 17.7 Å². The fourth-order valence-electron chi connectivity index (χ4n) is 2.33. The van der Waals surface area contributed by atoms with E-state index in [9.17, 15) is 0 Å². The van der Waals surface area contributed by atoms with E-state index in [0.29, 0.717) is 5.25 Å². The van der Waals surface area contributed by atoms with Gasteiger partial charge in [-0.15, -0.1) is 11.8 Å². The number of aliphatic imine (C=N–C) groups is 1. The van der Waals surface area contributed by atoms with Crippen LogP contribution < -0.4 is 5.73 Å². The molecule has 1 atom stereocenters. The van der Waals surface area contributed by atoms with Crippen molar-refractivity contribution in [1.82, 2.24) is 4.90 Å². The lowest BCUT2D eigenvalue weighted by atomic mass is 10.00. The molecule has 2 rings (SSSR count). The highest BCUT2D eigenvalue weighted by atomic mass is 32.2. The maximum absolute atomic E-state index is 6.10. The highest BCUT2D eigenvalue weighted by Gasteiger charge is 2.17. The van der Waals surface area contributed by atoms with E-state index in [4.69, 9.17) is 5.73 Å². The molecule has 1 aromatic rings. The Labute approximate surface area is 126 Å². The SMILES string of the molecule is CC1CCN(C(N)=NCC(C)Sc2ccccc2)CC1. The Morgan fingerprint density at radius 2 is 2.00 bits per heavy atom. The van der Waals surface area contributed by atoms with Gasteiger partial charge >= 0.3 is 0 Å². The zero-order valence-electron chi connectivity index (χ0n) is 12.5. The molecular weight excluding hydrogens is 266 g/mol. The van der Waals surface area contributed by atoms with E-state index in [1.807, 2.05) is 17.8 Å². The van der Waals surface area contributed by atoms with Crippen LogP contribution in [0.2, 0.25) is 0 Å². The minimum Gasteiger partial charge on any atom is -0.370 e. The third-order valence-corrected chi connectivity index (χ3v) is 4.79. The summed E-state index contributed by atoms with van der Waals surface area (Å²) in [5.74, 6) is 1.55. The summed E-state index contributed by atoms with van der Waals surface area (Å²) in [4.78, 5) is 8.08. The number of thioether (sulfide) groups is 1. The second-order valence-corrected chi connectivity index (χ2v) is 7.12. The highest BCUT2D eigenvalue weighted by molar-refractivity contribution is 8.00. The van der Waals surface area contributed by atoms with Gasteiger partial charge in [-0.25, -0.2) is 0 Å². The number of likely N-dealkylation sites (tertiary alicyclic amines) is 1. The molecule has 1 unspecified atom stereocenters. The molecule has 0 amide bonds. The Kier molecular flexibility index (Phi) is 5.77. The van der Waals surface area contributed by atoms with E-state index in [-0.39, 0.29) is 0 Å². The van der Waals surface area contributed by atoms with Crippen LogP contribution in [0.1, 0.15) is 26.7 Å². The lowest BCUT2D eigenvalue weighted by molar-refractivity contribution is 0.277. The molecular formula is C16H25N3S. The third-order valence-electron chi connectivity index (χ3n) is 3.70. The van der Waals surface area contributed by atoms with Crippen LogP contribution in [0.3, 0.4) is 0 Å². The lowest BCUT2D eigenvalue weighted by Gasteiger charge is -2.31. The molecule has 0 radical (unpaired) electrons. The second-order valence-electron chi connectivity index (χ2n) is 5.61. The van der Waals surface area contributed by atoms with Gasteiger partial charge in [0.2, 0.25) is 0 Å². The van der Waals surface area contributed by atoms with Gasteiger partial charge < -0.3 is 10.6 Å². The van der Waals surface area contributed by atoms with Crippen LogP contribution >= 0.6 is 11.8 Å². The van der Waals surface area contributed by atoms with Gasteiger partial charge in [0.05, 0.1) is 6.54 Å². The van der Waals surface area contributed by atoms with Crippen LogP contribution in [-0.4, -0.2) is 35.7 Å². The van der Waals surface area contributed by atoms with E-state index < -0.39 is 0 Å². The molecule has 1 aliphatic heterocycles. The second kappa shape index (κ2) is 7.58. The number of benzene rings is 1. The zero-order chi connectivity index (χ0) is 14.4. The predicted octanol–water partition coefficient (Wildman–Crippen LogP) is 3.21. The Morgan fingerprint density at radius 1 is 1.35 bits per heavy atom. The van der Waals surface area contributed by atoms with Gasteiger partial charge in [-0.2, -0.15) is 0 Å². The quantitative estimate of drug-likeness (QED) is 0.526. The summed E-state index contributed by atoms with van der Waals surface area (Å²) < 4.78 is 0. The van der Waals surface area contributed by atoms with Crippen LogP contribution in [-0.2, 0) is 0 Å². The molecule has 0 bridgehead atoms. The first-order valence-corrected chi connectivity index (χ1v) is 8.29. The van der Waals surface area contributed by atoms with E-state index >= 15 is 0 Å².